The molecule has 0 unspecified atom stereocenters. The number of aromatic nitrogens is 2. The molecule has 2 aromatic rings. The third-order valence-corrected chi connectivity index (χ3v) is 3.23. The van der Waals surface area contributed by atoms with Gasteiger partial charge >= 0.3 is 0 Å². The minimum Gasteiger partial charge on any atom is -0.479 e. The number of ether oxygens (including phenoxy) is 1. The summed E-state index contributed by atoms with van der Waals surface area (Å²) in [4.78, 5) is 10.6. The van der Waals surface area contributed by atoms with Crippen molar-refractivity contribution in [2.45, 2.75) is 6.54 Å². The van der Waals surface area contributed by atoms with E-state index in [2.05, 4.69) is 31.2 Å². The average Bonchev–Trinajstić information content (AvgIpc) is 2.44. The van der Waals surface area contributed by atoms with Crippen LogP contribution in [0.5, 0.6) is 5.88 Å². The van der Waals surface area contributed by atoms with Crippen molar-refractivity contribution >= 4 is 27.3 Å². The summed E-state index contributed by atoms with van der Waals surface area (Å²) in [6.07, 6.45) is 1.73. The molecule has 20 heavy (non-hydrogen) atoms. The molecule has 2 heterocycles. The van der Waals surface area contributed by atoms with Crippen LogP contribution in [0.1, 0.15) is 5.69 Å². The van der Waals surface area contributed by atoms with Crippen molar-refractivity contribution in [2.75, 3.05) is 31.4 Å². The lowest BCUT2D eigenvalue weighted by molar-refractivity contribution is 0.400. The van der Waals surface area contributed by atoms with E-state index < -0.39 is 0 Å². The molecule has 6 heteroatoms. The van der Waals surface area contributed by atoms with Gasteiger partial charge in [0.05, 0.1) is 25.0 Å². The van der Waals surface area contributed by atoms with Crippen LogP contribution in [0.4, 0.5) is 11.4 Å². The summed E-state index contributed by atoms with van der Waals surface area (Å²) in [7, 11) is 5.58. The van der Waals surface area contributed by atoms with Crippen molar-refractivity contribution in [2.24, 2.45) is 0 Å². The largest absolute Gasteiger partial charge is 0.479 e. The van der Waals surface area contributed by atoms with Gasteiger partial charge in [-0.2, -0.15) is 0 Å². The lowest BCUT2D eigenvalue weighted by Crippen LogP contribution is -2.14. The van der Waals surface area contributed by atoms with E-state index in [1.54, 1.807) is 13.3 Å². The van der Waals surface area contributed by atoms with Crippen LogP contribution in [0.3, 0.4) is 0 Å². The zero-order valence-electron chi connectivity index (χ0n) is 11.7. The van der Waals surface area contributed by atoms with Crippen molar-refractivity contribution in [3.8, 4) is 5.88 Å². The maximum absolute atomic E-state index is 5.32. The number of pyridine rings is 2. The predicted octanol–water partition coefficient (Wildman–Crippen LogP) is 2.93. The van der Waals surface area contributed by atoms with Gasteiger partial charge in [-0.15, -0.1) is 0 Å². The Morgan fingerprint density at radius 1 is 1.30 bits per heavy atom. The molecule has 0 bridgehead atoms. The summed E-state index contributed by atoms with van der Waals surface area (Å²) >= 11 is 3.37. The summed E-state index contributed by atoms with van der Waals surface area (Å²) in [6, 6.07) is 7.77. The third-order valence-electron chi connectivity index (χ3n) is 2.79. The van der Waals surface area contributed by atoms with E-state index in [9.17, 15) is 0 Å². The molecule has 0 aliphatic carbocycles. The van der Waals surface area contributed by atoms with Crippen LogP contribution in [0, 0.1) is 0 Å². The summed E-state index contributed by atoms with van der Waals surface area (Å²) < 4.78 is 6.14. The minimum atomic E-state index is 0.575. The minimum absolute atomic E-state index is 0.575. The molecular formula is C14H17BrN4O. The van der Waals surface area contributed by atoms with Crippen molar-refractivity contribution < 1.29 is 4.74 Å². The monoisotopic (exact) mass is 336 g/mol. The average molecular weight is 337 g/mol. The number of nitrogens with zero attached hydrogens (tertiary/aromatic N) is 3. The van der Waals surface area contributed by atoms with Crippen LogP contribution < -0.4 is 15.0 Å². The molecule has 0 atom stereocenters. The van der Waals surface area contributed by atoms with Gasteiger partial charge in [0.2, 0.25) is 5.88 Å². The number of rotatable bonds is 5. The number of nitrogens with one attached hydrogen (secondary N) is 1. The van der Waals surface area contributed by atoms with Gasteiger partial charge in [-0.25, -0.2) is 9.97 Å². The van der Waals surface area contributed by atoms with Crippen molar-refractivity contribution in [1.82, 2.24) is 9.97 Å². The number of anilines is 2. The summed E-state index contributed by atoms with van der Waals surface area (Å²) in [5.74, 6) is 0.575. The van der Waals surface area contributed by atoms with E-state index in [4.69, 9.17) is 4.74 Å². The number of hydrogen-bond donors (Lipinski definition) is 1. The normalized spacial score (nSPS) is 10.2. The van der Waals surface area contributed by atoms with E-state index in [1.165, 1.54) is 0 Å². The molecule has 0 aliphatic heterocycles. The maximum atomic E-state index is 5.32. The highest BCUT2D eigenvalue weighted by molar-refractivity contribution is 9.10. The Morgan fingerprint density at radius 3 is 2.75 bits per heavy atom. The zero-order chi connectivity index (χ0) is 14.5. The highest BCUT2D eigenvalue weighted by Crippen LogP contribution is 2.32. The van der Waals surface area contributed by atoms with Gasteiger partial charge in [0.25, 0.3) is 0 Å². The molecule has 2 aromatic heterocycles. The van der Waals surface area contributed by atoms with Crippen LogP contribution in [-0.2, 0) is 6.54 Å². The van der Waals surface area contributed by atoms with E-state index >= 15 is 0 Å². The fraction of sp³-hybridized carbons (Fsp3) is 0.286. The SMILES string of the molecule is COc1nccc(N(C)C)c1NCc1cccc(Br)n1. The molecule has 0 saturated carbocycles. The second-order valence-electron chi connectivity index (χ2n) is 4.41. The maximum Gasteiger partial charge on any atom is 0.239 e. The highest BCUT2D eigenvalue weighted by atomic mass is 79.9. The molecule has 0 amide bonds. The van der Waals surface area contributed by atoms with E-state index in [1.807, 2.05) is 43.3 Å². The quantitative estimate of drug-likeness (QED) is 0.850. The van der Waals surface area contributed by atoms with Gasteiger partial charge in [-0.1, -0.05) is 6.07 Å². The van der Waals surface area contributed by atoms with E-state index in [0.29, 0.717) is 12.4 Å². The van der Waals surface area contributed by atoms with Crippen LogP contribution >= 0.6 is 15.9 Å². The third kappa shape index (κ3) is 3.39. The fourth-order valence-corrected chi connectivity index (χ4v) is 2.23. The number of hydrogen-bond acceptors (Lipinski definition) is 5. The Hall–Kier alpha value is -1.82. The Labute approximate surface area is 127 Å². The van der Waals surface area contributed by atoms with Crippen LogP contribution in [0.2, 0.25) is 0 Å². The molecule has 5 nitrogen and oxygen atoms in total. The van der Waals surface area contributed by atoms with Gasteiger partial charge in [-0.3, -0.25) is 0 Å². The van der Waals surface area contributed by atoms with Gasteiger partial charge in [0.1, 0.15) is 10.3 Å². The second-order valence-corrected chi connectivity index (χ2v) is 5.23. The molecule has 0 aromatic carbocycles. The van der Waals surface area contributed by atoms with Crippen LogP contribution in [-0.4, -0.2) is 31.2 Å². The van der Waals surface area contributed by atoms with Crippen molar-refractivity contribution in [3.05, 3.63) is 40.8 Å². The molecule has 1 N–H and O–H groups in total. The Balaban J connectivity index is 2.24. The fourth-order valence-electron chi connectivity index (χ4n) is 1.85. The molecule has 0 fully saturated rings. The van der Waals surface area contributed by atoms with Crippen molar-refractivity contribution in [3.63, 3.8) is 0 Å². The first-order valence-corrected chi connectivity index (χ1v) is 6.96. The standard InChI is InChI=1S/C14H17BrN4O/c1-19(2)11-7-8-16-14(20-3)13(11)17-9-10-5-4-6-12(15)18-10/h4-8,17H,9H2,1-3H3. The molecule has 0 saturated heterocycles. The van der Waals surface area contributed by atoms with Gasteiger partial charge < -0.3 is 15.0 Å². The van der Waals surface area contributed by atoms with Gasteiger partial charge in [-0.05, 0) is 34.1 Å². The molecule has 0 aliphatic rings. The van der Waals surface area contributed by atoms with Crippen LogP contribution in [0.25, 0.3) is 0 Å². The first-order chi connectivity index (χ1) is 9.61. The topological polar surface area (TPSA) is 50.3 Å². The van der Waals surface area contributed by atoms with Crippen molar-refractivity contribution in [1.29, 1.82) is 0 Å². The highest BCUT2D eigenvalue weighted by Gasteiger charge is 2.12. The summed E-state index contributed by atoms with van der Waals surface area (Å²) in [5.41, 5.74) is 2.82. The molecule has 0 spiro atoms. The zero-order valence-corrected chi connectivity index (χ0v) is 13.3. The van der Waals surface area contributed by atoms with Gasteiger partial charge in [0, 0.05) is 20.3 Å². The first-order valence-electron chi connectivity index (χ1n) is 6.17. The molecule has 0 radical (unpaired) electrons. The second kappa shape index (κ2) is 6.56. The Morgan fingerprint density at radius 2 is 2.10 bits per heavy atom. The molecular weight excluding hydrogens is 320 g/mol. The summed E-state index contributed by atoms with van der Waals surface area (Å²) in [6.45, 7) is 0.600. The number of methoxy groups -OCH3 is 1. The van der Waals surface area contributed by atoms with E-state index in [0.717, 1.165) is 21.7 Å². The molecule has 106 valence electrons. The molecule has 2 rings (SSSR count). The van der Waals surface area contributed by atoms with E-state index in [-0.39, 0.29) is 0 Å². The lowest BCUT2D eigenvalue weighted by atomic mass is 10.3. The smallest absolute Gasteiger partial charge is 0.239 e. The number of halogens is 1. The van der Waals surface area contributed by atoms with Crippen LogP contribution in [0.15, 0.2) is 35.1 Å². The Kier molecular flexibility index (Phi) is 4.79. The van der Waals surface area contributed by atoms with Gasteiger partial charge in [0.15, 0.2) is 0 Å². The first kappa shape index (κ1) is 14.6. The summed E-state index contributed by atoms with van der Waals surface area (Å²) in [5, 5.41) is 3.35. The predicted molar refractivity (Wildman–Crippen MR) is 84.4 cm³/mol. The lowest BCUT2D eigenvalue weighted by Gasteiger charge is -2.19. The Bertz CT molecular complexity index is 589.